The third-order valence-electron chi connectivity index (χ3n) is 4.60. The van der Waals surface area contributed by atoms with Gasteiger partial charge in [0.1, 0.15) is 18.0 Å². The molecule has 0 atom stereocenters. The van der Waals surface area contributed by atoms with Gasteiger partial charge in [-0.3, -0.25) is 4.79 Å². The van der Waals surface area contributed by atoms with E-state index in [9.17, 15) is 4.79 Å². The summed E-state index contributed by atoms with van der Waals surface area (Å²) < 4.78 is 7.31. The summed E-state index contributed by atoms with van der Waals surface area (Å²) in [6.45, 7) is 5.48. The number of likely N-dealkylation sites (N-methyl/N-ethyl adjacent to an activating group) is 1. The number of ether oxygens (including phenoxy) is 1. The van der Waals surface area contributed by atoms with Gasteiger partial charge in [-0.1, -0.05) is 11.6 Å². The number of carbonyl (C=O) groups is 1. The molecule has 0 spiro atoms. The van der Waals surface area contributed by atoms with Crippen molar-refractivity contribution in [2.45, 2.75) is 20.3 Å². The summed E-state index contributed by atoms with van der Waals surface area (Å²) in [5, 5.41) is 9.47. The van der Waals surface area contributed by atoms with Crippen molar-refractivity contribution in [3.63, 3.8) is 0 Å². The molecular formula is C21H24ClN3O3. The lowest BCUT2D eigenvalue weighted by Gasteiger charge is -2.18. The van der Waals surface area contributed by atoms with E-state index < -0.39 is 0 Å². The zero-order chi connectivity index (χ0) is 20.1. The number of carbonyl (C=O) groups excluding carboxylic acids is 1. The van der Waals surface area contributed by atoms with Gasteiger partial charge in [-0.2, -0.15) is 0 Å². The van der Waals surface area contributed by atoms with E-state index in [4.69, 9.17) is 26.4 Å². The lowest BCUT2D eigenvalue weighted by Crippen LogP contribution is -2.32. The molecular weight excluding hydrogens is 378 g/mol. The average Bonchev–Trinajstić information content (AvgIpc) is 3.05. The standard InChI is InChI=1S/C21H24ClN3O3/c1-3-24(4-2)20(27)13-18-21(23-19-10-7-16(22)14-25(18)19)15-5-8-17(9-6-15)28-12-11-26/h5-10,14,26H,3-4,11-13H2,1-2H3. The van der Waals surface area contributed by atoms with Crippen molar-refractivity contribution >= 4 is 23.2 Å². The van der Waals surface area contributed by atoms with E-state index in [0.717, 1.165) is 22.6 Å². The normalized spacial score (nSPS) is 11.0. The number of hydrogen-bond donors (Lipinski definition) is 1. The number of fused-ring (bicyclic) bond motifs is 1. The summed E-state index contributed by atoms with van der Waals surface area (Å²) in [6, 6.07) is 11.1. The Labute approximate surface area is 169 Å². The molecule has 0 aliphatic rings. The largest absolute Gasteiger partial charge is 0.491 e. The molecule has 0 unspecified atom stereocenters. The van der Waals surface area contributed by atoms with Gasteiger partial charge in [0, 0.05) is 24.8 Å². The second kappa shape index (κ2) is 9.08. The van der Waals surface area contributed by atoms with Gasteiger partial charge < -0.3 is 19.1 Å². The number of hydrogen-bond acceptors (Lipinski definition) is 4. The van der Waals surface area contributed by atoms with E-state index in [0.29, 0.717) is 23.9 Å². The van der Waals surface area contributed by atoms with Crippen molar-refractivity contribution in [2.75, 3.05) is 26.3 Å². The maximum Gasteiger partial charge on any atom is 0.228 e. The number of halogens is 1. The van der Waals surface area contributed by atoms with Crippen LogP contribution in [0.5, 0.6) is 5.75 Å². The monoisotopic (exact) mass is 401 g/mol. The minimum atomic E-state index is -0.0352. The van der Waals surface area contributed by atoms with Crippen molar-refractivity contribution in [2.24, 2.45) is 0 Å². The van der Waals surface area contributed by atoms with Crippen LogP contribution in [0, 0.1) is 0 Å². The third-order valence-corrected chi connectivity index (χ3v) is 4.83. The van der Waals surface area contributed by atoms with Crippen LogP contribution in [0.1, 0.15) is 19.5 Å². The molecule has 0 bridgehead atoms. The van der Waals surface area contributed by atoms with Gasteiger partial charge in [0.15, 0.2) is 0 Å². The van der Waals surface area contributed by atoms with Crippen LogP contribution in [0.25, 0.3) is 16.9 Å². The number of aliphatic hydroxyl groups is 1. The summed E-state index contributed by atoms with van der Waals surface area (Å²) in [6.07, 6.45) is 2.03. The van der Waals surface area contributed by atoms with E-state index in [1.165, 1.54) is 0 Å². The van der Waals surface area contributed by atoms with Gasteiger partial charge >= 0.3 is 0 Å². The van der Waals surface area contributed by atoms with Gasteiger partial charge in [-0.15, -0.1) is 0 Å². The van der Waals surface area contributed by atoms with Crippen molar-refractivity contribution in [1.29, 1.82) is 0 Å². The highest BCUT2D eigenvalue weighted by atomic mass is 35.5. The Bertz CT molecular complexity index is 949. The molecule has 6 nitrogen and oxygen atoms in total. The Kier molecular flexibility index (Phi) is 6.54. The van der Waals surface area contributed by atoms with Gasteiger partial charge in [-0.05, 0) is 50.2 Å². The van der Waals surface area contributed by atoms with Crippen LogP contribution in [-0.2, 0) is 11.2 Å². The fraction of sp³-hybridized carbons (Fsp3) is 0.333. The van der Waals surface area contributed by atoms with Crippen LogP contribution >= 0.6 is 11.6 Å². The van der Waals surface area contributed by atoms with E-state index in [1.807, 2.05) is 48.6 Å². The molecule has 0 aliphatic carbocycles. The van der Waals surface area contributed by atoms with Crippen LogP contribution in [-0.4, -0.2) is 51.6 Å². The molecule has 7 heteroatoms. The number of aromatic nitrogens is 2. The zero-order valence-corrected chi connectivity index (χ0v) is 16.8. The van der Waals surface area contributed by atoms with Crippen molar-refractivity contribution in [3.05, 3.63) is 53.3 Å². The molecule has 3 rings (SSSR count). The number of nitrogens with zero attached hydrogens (tertiary/aromatic N) is 3. The van der Waals surface area contributed by atoms with Gasteiger partial charge in [-0.25, -0.2) is 4.98 Å². The van der Waals surface area contributed by atoms with Crippen LogP contribution in [0.4, 0.5) is 0 Å². The predicted molar refractivity (Wildman–Crippen MR) is 110 cm³/mol. The van der Waals surface area contributed by atoms with Crippen LogP contribution in [0.15, 0.2) is 42.6 Å². The molecule has 148 valence electrons. The highest BCUT2D eigenvalue weighted by molar-refractivity contribution is 6.30. The summed E-state index contributed by atoms with van der Waals surface area (Å²) in [7, 11) is 0. The molecule has 1 aromatic carbocycles. The topological polar surface area (TPSA) is 67.1 Å². The minimum Gasteiger partial charge on any atom is -0.491 e. The van der Waals surface area contributed by atoms with Crippen molar-refractivity contribution in [1.82, 2.24) is 14.3 Å². The minimum absolute atomic E-state index is 0.0352. The number of pyridine rings is 1. The maximum absolute atomic E-state index is 12.8. The number of amides is 1. The average molecular weight is 402 g/mol. The summed E-state index contributed by atoms with van der Waals surface area (Å²) in [5.74, 6) is 0.723. The highest BCUT2D eigenvalue weighted by Crippen LogP contribution is 2.28. The molecule has 1 N–H and O–H groups in total. The molecule has 2 aromatic heterocycles. The molecule has 0 saturated heterocycles. The number of imidazole rings is 1. The molecule has 0 saturated carbocycles. The SMILES string of the molecule is CCN(CC)C(=O)Cc1c(-c2ccc(OCCO)cc2)nc2ccc(Cl)cn12. The lowest BCUT2D eigenvalue weighted by atomic mass is 10.1. The highest BCUT2D eigenvalue weighted by Gasteiger charge is 2.19. The molecule has 0 fully saturated rings. The molecule has 1 amide bonds. The third kappa shape index (κ3) is 4.29. The number of benzene rings is 1. The Hall–Kier alpha value is -2.57. The van der Waals surface area contributed by atoms with Gasteiger partial charge in [0.25, 0.3) is 0 Å². The molecule has 2 heterocycles. The second-order valence-corrected chi connectivity index (χ2v) is 6.76. The van der Waals surface area contributed by atoms with E-state index in [2.05, 4.69) is 0 Å². The van der Waals surface area contributed by atoms with Crippen molar-refractivity contribution < 1.29 is 14.6 Å². The number of rotatable bonds is 8. The summed E-state index contributed by atoms with van der Waals surface area (Å²) >= 11 is 6.19. The molecule has 0 aliphatic heterocycles. The first-order chi connectivity index (χ1) is 13.6. The quantitative estimate of drug-likeness (QED) is 0.628. The smallest absolute Gasteiger partial charge is 0.228 e. The molecule has 0 radical (unpaired) electrons. The van der Waals surface area contributed by atoms with Crippen LogP contribution in [0.3, 0.4) is 0 Å². The predicted octanol–water partition coefficient (Wildman–Crippen LogP) is 3.44. The Morgan fingerprint density at radius 1 is 1.18 bits per heavy atom. The van der Waals surface area contributed by atoms with Gasteiger partial charge in [0.2, 0.25) is 5.91 Å². The first kappa shape index (κ1) is 20.2. The van der Waals surface area contributed by atoms with Crippen molar-refractivity contribution in [3.8, 4) is 17.0 Å². The Balaban J connectivity index is 2.02. The maximum atomic E-state index is 12.8. The zero-order valence-electron chi connectivity index (χ0n) is 16.1. The lowest BCUT2D eigenvalue weighted by molar-refractivity contribution is -0.130. The summed E-state index contributed by atoms with van der Waals surface area (Å²) in [5.41, 5.74) is 3.18. The first-order valence-corrected chi connectivity index (χ1v) is 9.73. The molecule has 28 heavy (non-hydrogen) atoms. The fourth-order valence-electron chi connectivity index (χ4n) is 3.17. The first-order valence-electron chi connectivity index (χ1n) is 9.35. The van der Waals surface area contributed by atoms with Gasteiger partial charge in [0.05, 0.1) is 29.4 Å². The van der Waals surface area contributed by atoms with E-state index >= 15 is 0 Å². The van der Waals surface area contributed by atoms with Crippen LogP contribution in [0.2, 0.25) is 5.02 Å². The molecule has 3 aromatic rings. The summed E-state index contributed by atoms with van der Waals surface area (Å²) in [4.78, 5) is 19.3. The second-order valence-electron chi connectivity index (χ2n) is 6.32. The van der Waals surface area contributed by atoms with E-state index in [-0.39, 0.29) is 25.5 Å². The number of aliphatic hydroxyl groups excluding tert-OH is 1. The fourth-order valence-corrected chi connectivity index (χ4v) is 3.33. The van der Waals surface area contributed by atoms with Crippen LogP contribution < -0.4 is 4.74 Å². The Morgan fingerprint density at radius 3 is 2.54 bits per heavy atom. The van der Waals surface area contributed by atoms with E-state index in [1.54, 1.807) is 17.2 Å². The Morgan fingerprint density at radius 2 is 1.89 bits per heavy atom.